The van der Waals surface area contributed by atoms with Gasteiger partial charge in [0.25, 0.3) is 0 Å². The Morgan fingerprint density at radius 3 is 2.42 bits per heavy atom. The molecule has 7 heteroatoms. The molecule has 0 unspecified atom stereocenters. The van der Waals surface area contributed by atoms with Crippen LogP contribution in [0.3, 0.4) is 0 Å². The van der Waals surface area contributed by atoms with Crippen LogP contribution in [0, 0.1) is 0 Å². The molecule has 0 saturated carbocycles. The molecule has 0 atom stereocenters. The highest BCUT2D eigenvalue weighted by molar-refractivity contribution is 6.31. The van der Waals surface area contributed by atoms with Crippen molar-refractivity contribution < 1.29 is 30.0 Å². The number of carbonyl (C=O) groups is 2. The van der Waals surface area contributed by atoms with Crippen LogP contribution < -0.4 is 0 Å². The van der Waals surface area contributed by atoms with Gasteiger partial charge in [-0.25, -0.2) is 4.79 Å². The van der Waals surface area contributed by atoms with E-state index in [1.807, 2.05) is 0 Å². The van der Waals surface area contributed by atoms with Gasteiger partial charge in [0.1, 0.15) is 17.1 Å². The predicted molar refractivity (Wildman–Crippen MR) is 87.5 cm³/mol. The first kappa shape index (κ1) is 17.5. The Kier molecular flexibility index (Phi) is 5.23. The fraction of sp³-hybridized carbons (Fsp3) is 0.0588. The first-order valence-corrected chi connectivity index (χ1v) is 7.12. The molecule has 2 rings (SSSR count). The predicted octanol–water partition coefficient (Wildman–Crippen LogP) is 2.84. The molecule has 0 heterocycles. The number of hydrogen-bond acceptors (Lipinski definition) is 5. The summed E-state index contributed by atoms with van der Waals surface area (Å²) < 4.78 is 0. The van der Waals surface area contributed by atoms with Crippen molar-refractivity contribution in [3.63, 3.8) is 0 Å². The number of carbonyl (C=O) groups excluding carboxylic acids is 1. The van der Waals surface area contributed by atoms with Crippen molar-refractivity contribution in [2.45, 2.75) is 6.61 Å². The van der Waals surface area contributed by atoms with Crippen LogP contribution in [-0.2, 0) is 6.61 Å². The maximum absolute atomic E-state index is 12.2. The van der Waals surface area contributed by atoms with Gasteiger partial charge in [0.05, 0.1) is 12.2 Å². The van der Waals surface area contributed by atoms with Gasteiger partial charge in [-0.2, -0.15) is 0 Å². The van der Waals surface area contributed by atoms with Crippen LogP contribution in [0.2, 0.25) is 5.02 Å². The van der Waals surface area contributed by atoms with E-state index in [2.05, 4.69) is 0 Å². The molecule has 0 bridgehead atoms. The third-order valence-corrected chi connectivity index (χ3v) is 3.49. The molecule has 124 valence electrons. The van der Waals surface area contributed by atoms with Gasteiger partial charge in [0, 0.05) is 10.6 Å². The van der Waals surface area contributed by atoms with E-state index in [1.54, 1.807) is 0 Å². The van der Waals surface area contributed by atoms with Gasteiger partial charge in [-0.3, -0.25) is 4.79 Å². The van der Waals surface area contributed by atoms with Crippen LogP contribution >= 0.6 is 11.6 Å². The summed E-state index contributed by atoms with van der Waals surface area (Å²) in [6, 6.07) is 6.45. The van der Waals surface area contributed by atoms with Gasteiger partial charge in [0.2, 0.25) is 0 Å². The fourth-order valence-corrected chi connectivity index (χ4v) is 2.30. The molecule has 0 saturated heterocycles. The van der Waals surface area contributed by atoms with Crippen LogP contribution in [0.5, 0.6) is 11.5 Å². The van der Waals surface area contributed by atoms with Crippen molar-refractivity contribution in [2.24, 2.45) is 0 Å². The van der Waals surface area contributed by atoms with E-state index < -0.39 is 18.4 Å². The minimum absolute atomic E-state index is 0.0833. The number of carboxylic acids is 1. The lowest BCUT2D eigenvalue weighted by Gasteiger charge is -2.07. The molecule has 4 N–H and O–H groups in total. The maximum atomic E-state index is 12.2. The summed E-state index contributed by atoms with van der Waals surface area (Å²) in [6.45, 7) is -0.476. The second-order valence-electron chi connectivity index (χ2n) is 4.90. The zero-order valence-corrected chi connectivity index (χ0v) is 13.0. The Balaban J connectivity index is 2.33. The summed E-state index contributed by atoms with van der Waals surface area (Å²) in [5.41, 5.74) is 0.123. The first-order valence-electron chi connectivity index (χ1n) is 6.74. The van der Waals surface area contributed by atoms with Crippen molar-refractivity contribution in [1.29, 1.82) is 0 Å². The average Bonchev–Trinajstić information content (AvgIpc) is 2.55. The van der Waals surface area contributed by atoms with Crippen molar-refractivity contribution in [3.8, 4) is 11.5 Å². The van der Waals surface area contributed by atoms with E-state index in [-0.39, 0.29) is 33.2 Å². The number of aromatic carboxylic acids is 1. The molecular formula is C17H13ClO6. The lowest BCUT2D eigenvalue weighted by Crippen LogP contribution is -1.99. The summed E-state index contributed by atoms with van der Waals surface area (Å²) in [7, 11) is 0. The molecule has 24 heavy (non-hydrogen) atoms. The number of ketones is 1. The van der Waals surface area contributed by atoms with Crippen LogP contribution in [0.4, 0.5) is 0 Å². The Hall–Kier alpha value is -2.83. The molecule has 6 nitrogen and oxygen atoms in total. The quantitative estimate of drug-likeness (QED) is 0.488. The number of carboxylic acid groups (broad SMARTS) is 1. The maximum Gasteiger partial charge on any atom is 0.339 e. The molecular weight excluding hydrogens is 336 g/mol. The number of aliphatic hydroxyl groups excluding tert-OH is 1. The zero-order chi connectivity index (χ0) is 17.9. The smallest absolute Gasteiger partial charge is 0.339 e. The minimum atomic E-state index is -1.30. The van der Waals surface area contributed by atoms with Gasteiger partial charge < -0.3 is 20.4 Å². The van der Waals surface area contributed by atoms with E-state index >= 15 is 0 Å². The normalized spacial score (nSPS) is 10.9. The summed E-state index contributed by atoms with van der Waals surface area (Å²) in [6.07, 6.45) is 2.47. The van der Waals surface area contributed by atoms with E-state index in [1.165, 1.54) is 36.4 Å². The number of phenols is 2. The zero-order valence-electron chi connectivity index (χ0n) is 12.2. The minimum Gasteiger partial charge on any atom is -0.507 e. The van der Waals surface area contributed by atoms with Crippen molar-refractivity contribution in [2.75, 3.05) is 0 Å². The van der Waals surface area contributed by atoms with Crippen LogP contribution in [-0.4, -0.2) is 32.2 Å². The van der Waals surface area contributed by atoms with E-state index in [0.717, 1.165) is 6.08 Å². The molecule has 2 aromatic rings. The Morgan fingerprint density at radius 2 is 1.79 bits per heavy atom. The number of allylic oxidation sites excluding steroid dienone is 1. The third kappa shape index (κ3) is 3.73. The number of rotatable bonds is 5. The SMILES string of the molecule is O=C(O)c1cc(/C=C/C(=O)c2cc(Cl)cc(CO)c2O)ccc1O. The fourth-order valence-electron chi connectivity index (χ4n) is 2.05. The van der Waals surface area contributed by atoms with Gasteiger partial charge in [0.15, 0.2) is 5.78 Å². The Morgan fingerprint density at radius 1 is 1.08 bits per heavy atom. The van der Waals surface area contributed by atoms with Gasteiger partial charge in [-0.1, -0.05) is 23.7 Å². The first-order chi connectivity index (χ1) is 11.3. The highest BCUT2D eigenvalue weighted by atomic mass is 35.5. The molecule has 2 aromatic carbocycles. The van der Waals surface area contributed by atoms with Crippen LogP contribution in [0.15, 0.2) is 36.4 Å². The number of hydrogen-bond donors (Lipinski definition) is 4. The number of benzene rings is 2. The molecule has 0 radical (unpaired) electrons. The standard InChI is InChI=1S/C17H13ClO6/c18-11-6-10(8-19)16(22)12(7-11)14(20)3-1-9-2-4-15(21)13(5-9)17(23)24/h1-7,19,21-22H,8H2,(H,23,24)/b3-1+. The molecule has 0 aromatic heterocycles. The third-order valence-electron chi connectivity index (χ3n) is 3.27. The molecule has 0 aliphatic heterocycles. The number of aliphatic hydroxyl groups is 1. The molecule has 0 aliphatic carbocycles. The second kappa shape index (κ2) is 7.16. The van der Waals surface area contributed by atoms with Crippen LogP contribution in [0.1, 0.15) is 31.8 Å². The molecule has 0 fully saturated rings. The summed E-state index contributed by atoms with van der Waals surface area (Å²) >= 11 is 5.84. The molecule has 0 aliphatic rings. The van der Waals surface area contributed by atoms with Crippen molar-refractivity contribution in [1.82, 2.24) is 0 Å². The summed E-state index contributed by atoms with van der Waals surface area (Å²) in [5.74, 6) is -2.62. The van der Waals surface area contributed by atoms with Crippen molar-refractivity contribution in [3.05, 3.63) is 63.7 Å². The average molecular weight is 349 g/mol. The molecule has 0 amide bonds. The lowest BCUT2D eigenvalue weighted by atomic mass is 10.0. The second-order valence-corrected chi connectivity index (χ2v) is 5.33. The Bertz CT molecular complexity index is 841. The van der Waals surface area contributed by atoms with E-state index in [9.17, 15) is 19.8 Å². The largest absolute Gasteiger partial charge is 0.507 e. The summed E-state index contributed by atoms with van der Waals surface area (Å²) in [4.78, 5) is 23.2. The van der Waals surface area contributed by atoms with Gasteiger partial charge >= 0.3 is 5.97 Å². The highest BCUT2D eigenvalue weighted by Gasteiger charge is 2.14. The molecule has 0 spiro atoms. The number of halogens is 1. The lowest BCUT2D eigenvalue weighted by molar-refractivity contribution is 0.0693. The monoisotopic (exact) mass is 348 g/mol. The highest BCUT2D eigenvalue weighted by Crippen LogP contribution is 2.28. The number of aromatic hydroxyl groups is 2. The van der Waals surface area contributed by atoms with Gasteiger partial charge in [-0.05, 0) is 35.9 Å². The van der Waals surface area contributed by atoms with Crippen LogP contribution in [0.25, 0.3) is 6.08 Å². The Labute approximate surface area is 141 Å². The van der Waals surface area contributed by atoms with E-state index in [4.69, 9.17) is 21.8 Å². The topological polar surface area (TPSA) is 115 Å². The van der Waals surface area contributed by atoms with E-state index in [0.29, 0.717) is 5.56 Å². The van der Waals surface area contributed by atoms with Gasteiger partial charge in [-0.15, -0.1) is 0 Å². The summed E-state index contributed by atoms with van der Waals surface area (Å²) in [5, 5.41) is 37.7. The van der Waals surface area contributed by atoms with Crippen molar-refractivity contribution >= 4 is 29.4 Å².